The van der Waals surface area contributed by atoms with Crippen LogP contribution in [-0.2, 0) is 6.54 Å². The molecule has 0 saturated carbocycles. The summed E-state index contributed by atoms with van der Waals surface area (Å²) in [7, 11) is 0. The van der Waals surface area contributed by atoms with E-state index in [1.54, 1.807) is 12.1 Å². The van der Waals surface area contributed by atoms with Gasteiger partial charge in [0.25, 0.3) is 0 Å². The number of anilines is 2. The zero-order valence-electron chi connectivity index (χ0n) is 12.3. The third kappa shape index (κ3) is 3.54. The highest BCUT2D eigenvalue weighted by Crippen LogP contribution is 2.26. The summed E-state index contributed by atoms with van der Waals surface area (Å²) in [6, 6.07) is 13.2. The molecule has 0 aromatic heterocycles. The van der Waals surface area contributed by atoms with Gasteiger partial charge in [-0.3, -0.25) is 0 Å². The molecule has 0 aliphatic carbocycles. The van der Waals surface area contributed by atoms with Gasteiger partial charge in [0.15, 0.2) is 0 Å². The minimum absolute atomic E-state index is 0.211. The minimum atomic E-state index is -0.963. The normalized spacial score (nSPS) is 10.4. The van der Waals surface area contributed by atoms with Crippen LogP contribution in [0.2, 0.25) is 0 Å². The molecule has 3 N–H and O–H groups in total. The van der Waals surface area contributed by atoms with Crippen molar-refractivity contribution in [2.24, 2.45) is 0 Å². The Morgan fingerprint density at radius 2 is 1.86 bits per heavy atom. The van der Waals surface area contributed by atoms with Gasteiger partial charge in [-0.05, 0) is 37.6 Å². The quantitative estimate of drug-likeness (QED) is 0.827. The van der Waals surface area contributed by atoms with Crippen molar-refractivity contribution in [2.75, 3.05) is 17.2 Å². The van der Waals surface area contributed by atoms with Crippen LogP contribution in [0.5, 0.6) is 0 Å². The topological polar surface area (TPSA) is 66.6 Å². The third-order valence-corrected chi connectivity index (χ3v) is 3.49. The van der Waals surface area contributed by atoms with Crippen LogP contribution in [-0.4, -0.2) is 17.6 Å². The van der Waals surface area contributed by atoms with Gasteiger partial charge in [-0.25, -0.2) is 4.79 Å². The molecule has 0 unspecified atom stereocenters. The maximum atomic E-state index is 11.0. The van der Waals surface area contributed by atoms with E-state index in [1.807, 2.05) is 0 Å². The molecule has 0 atom stereocenters. The van der Waals surface area contributed by atoms with Crippen molar-refractivity contribution in [3.05, 3.63) is 59.2 Å². The smallest absolute Gasteiger partial charge is 0.335 e. The van der Waals surface area contributed by atoms with E-state index < -0.39 is 5.97 Å². The molecule has 0 aliphatic rings. The molecule has 0 spiro atoms. The van der Waals surface area contributed by atoms with Crippen molar-refractivity contribution in [3.8, 4) is 0 Å². The van der Waals surface area contributed by atoms with E-state index in [4.69, 9.17) is 10.8 Å². The lowest BCUT2D eigenvalue weighted by Crippen LogP contribution is -2.23. The molecule has 110 valence electrons. The maximum absolute atomic E-state index is 11.0. The Labute approximate surface area is 124 Å². The Morgan fingerprint density at radius 1 is 1.19 bits per heavy atom. The lowest BCUT2D eigenvalue weighted by molar-refractivity contribution is 0.0697. The van der Waals surface area contributed by atoms with Gasteiger partial charge in [0.1, 0.15) is 0 Å². The van der Waals surface area contributed by atoms with Crippen LogP contribution >= 0.6 is 0 Å². The summed E-state index contributed by atoms with van der Waals surface area (Å²) in [5.41, 5.74) is 10.00. The second-order valence-corrected chi connectivity index (χ2v) is 5.08. The van der Waals surface area contributed by atoms with Crippen LogP contribution in [0.1, 0.15) is 28.4 Å². The van der Waals surface area contributed by atoms with Crippen molar-refractivity contribution in [2.45, 2.75) is 20.4 Å². The molecule has 2 aromatic rings. The van der Waals surface area contributed by atoms with Crippen molar-refractivity contribution in [1.82, 2.24) is 0 Å². The lowest BCUT2D eigenvalue weighted by atomic mass is 10.1. The van der Waals surface area contributed by atoms with E-state index in [1.165, 1.54) is 17.2 Å². The average Bonchev–Trinajstić information content (AvgIpc) is 2.47. The number of benzene rings is 2. The molecule has 2 rings (SSSR count). The lowest BCUT2D eigenvalue weighted by Gasteiger charge is -2.25. The van der Waals surface area contributed by atoms with Crippen LogP contribution in [0.3, 0.4) is 0 Å². The highest BCUT2D eigenvalue weighted by molar-refractivity contribution is 5.90. The van der Waals surface area contributed by atoms with Gasteiger partial charge >= 0.3 is 5.97 Å². The van der Waals surface area contributed by atoms with Crippen LogP contribution in [0.15, 0.2) is 42.5 Å². The highest BCUT2D eigenvalue weighted by Gasteiger charge is 2.11. The van der Waals surface area contributed by atoms with E-state index in [-0.39, 0.29) is 5.56 Å². The van der Waals surface area contributed by atoms with Gasteiger partial charge in [-0.1, -0.05) is 29.8 Å². The number of nitrogen functional groups attached to an aromatic ring is 1. The summed E-state index contributed by atoms with van der Waals surface area (Å²) in [5, 5.41) is 8.99. The molecule has 0 saturated heterocycles. The first-order chi connectivity index (χ1) is 10.0. The predicted octanol–water partition coefficient (Wildman–Crippen LogP) is 3.30. The number of carboxylic acid groups (broad SMARTS) is 1. The Hall–Kier alpha value is -2.49. The summed E-state index contributed by atoms with van der Waals surface area (Å²) < 4.78 is 0. The molecule has 0 fully saturated rings. The van der Waals surface area contributed by atoms with Crippen molar-refractivity contribution in [3.63, 3.8) is 0 Å². The fourth-order valence-electron chi connectivity index (χ4n) is 2.26. The Kier molecular flexibility index (Phi) is 4.48. The molecule has 21 heavy (non-hydrogen) atoms. The number of nitrogens with two attached hydrogens (primary N) is 1. The molecule has 0 amide bonds. The summed E-state index contributed by atoms with van der Waals surface area (Å²) >= 11 is 0. The third-order valence-electron chi connectivity index (χ3n) is 3.49. The predicted molar refractivity (Wildman–Crippen MR) is 85.7 cm³/mol. The molecule has 0 radical (unpaired) electrons. The second kappa shape index (κ2) is 6.31. The number of aromatic carboxylic acids is 1. The van der Waals surface area contributed by atoms with Crippen LogP contribution < -0.4 is 10.6 Å². The van der Waals surface area contributed by atoms with Gasteiger partial charge in [0.2, 0.25) is 0 Å². The molecule has 4 heteroatoms. The van der Waals surface area contributed by atoms with Crippen LogP contribution in [0, 0.1) is 6.92 Å². The minimum Gasteiger partial charge on any atom is -0.478 e. The fourth-order valence-corrected chi connectivity index (χ4v) is 2.26. The van der Waals surface area contributed by atoms with Crippen LogP contribution in [0.25, 0.3) is 0 Å². The number of carboxylic acids is 1. The summed E-state index contributed by atoms with van der Waals surface area (Å²) in [6.45, 7) is 5.65. The number of carbonyl (C=O) groups is 1. The molecule has 0 bridgehead atoms. The first-order valence-corrected chi connectivity index (χ1v) is 6.94. The zero-order chi connectivity index (χ0) is 15.4. The number of rotatable bonds is 5. The first kappa shape index (κ1) is 14.9. The Morgan fingerprint density at radius 3 is 2.38 bits per heavy atom. The van der Waals surface area contributed by atoms with Gasteiger partial charge in [0, 0.05) is 13.1 Å². The number of hydrogen-bond acceptors (Lipinski definition) is 3. The van der Waals surface area contributed by atoms with Gasteiger partial charge in [-0.15, -0.1) is 0 Å². The highest BCUT2D eigenvalue weighted by atomic mass is 16.4. The first-order valence-electron chi connectivity index (χ1n) is 6.94. The van der Waals surface area contributed by atoms with Crippen molar-refractivity contribution >= 4 is 17.3 Å². The van der Waals surface area contributed by atoms with E-state index >= 15 is 0 Å². The second-order valence-electron chi connectivity index (χ2n) is 5.08. The molecule has 4 nitrogen and oxygen atoms in total. The summed E-state index contributed by atoms with van der Waals surface area (Å²) in [4.78, 5) is 13.1. The number of aryl methyl sites for hydroxylation is 1. The van der Waals surface area contributed by atoms with Gasteiger partial charge in [0.05, 0.1) is 16.9 Å². The zero-order valence-corrected chi connectivity index (χ0v) is 12.3. The fraction of sp³-hybridized carbons (Fsp3) is 0.235. The van der Waals surface area contributed by atoms with Gasteiger partial charge in [-0.2, -0.15) is 0 Å². The SMILES string of the molecule is CCN(Cc1ccc(C)cc1)c1ccc(C(=O)O)cc1N. The van der Waals surface area contributed by atoms with Crippen molar-refractivity contribution < 1.29 is 9.90 Å². The van der Waals surface area contributed by atoms with E-state index in [9.17, 15) is 4.79 Å². The van der Waals surface area contributed by atoms with Gasteiger partial charge < -0.3 is 15.7 Å². The van der Waals surface area contributed by atoms with E-state index in [0.717, 1.165) is 18.8 Å². The Bertz CT molecular complexity index is 636. The Balaban J connectivity index is 2.25. The average molecular weight is 284 g/mol. The molecule has 0 aliphatic heterocycles. The standard InChI is InChI=1S/C17H20N2O2/c1-3-19(11-13-6-4-12(2)5-7-13)16-9-8-14(17(20)21)10-15(16)18/h4-10H,3,11,18H2,1-2H3,(H,20,21). The monoisotopic (exact) mass is 284 g/mol. The largest absolute Gasteiger partial charge is 0.478 e. The van der Waals surface area contributed by atoms with Crippen LogP contribution in [0.4, 0.5) is 11.4 Å². The number of hydrogen-bond donors (Lipinski definition) is 2. The molecular weight excluding hydrogens is 264 g/mol. The van der Waals surface area contributed by atoms with Crippen molar-refractivity contribution in [1.29, 1.82) is 0 Å². The van der Waals surface area contributed by atoms with E-state index in [2.05, 4.69) is 43.0 Å². The number of nitrogens with zero attached hydrogens (tertiary/aromatic N) is 1. The molecule has 0 heterocycles. The molecular formula is C17H20N2O2. The summed E-state index contributed by atoms with van der Waals surface area (Å²) in [6.07, 6.45) is 0. The summed E-state index contributed by atoms with van der Waals surface area (Å²) in [5.74, 6) is -0.963. The molecule has 2 aromatic carbocycles. The maximum Gasteiger partial charge on any atom is 0.335 e. The van der Waals surface area contributed by atoms with E-state index in [0.29, 0.717) is 5.69 Å².